The van der Waals surface area contributed by atoms with Crippen molar-refractivity contribution in [2.75, 3.05) is 23.8 Å². The Bertz CT molecular complexity index is 759. The van der Waals surface area contributed by atoms with Crippen LogP contribution in [0.2, 0.25) is 5.02 Å². The molecule has 25 heavy (non-hydrogen) atoms. The maximum Gasteiger partial charge on any atom is 0.321 e. The average Bonchev–Trinajstić information content (AvgIpc) is 3.03. The second-order valence-electron chi connectivity index (χ2n) is 6.11. The van der Waals surface area contributed by atoms with Crippen molar-refractivity contribution < 1.29 is 9.59 Å². The number of carbonyl (C=O) groups is 2. The van der Waals surface area contributed by atoms with Crippen LogP contribution < -0.4 is 10.2 Å². The van der Waals surface area contributed by atoms with Crippen molar-refractivity contribution in [3.8, 4) is 0 Å². The molecule has 0 aliphatic carbocycles. The number of urea groups is 1. The van der Waals surface area contributed by atoms with Gasteiger partial charge in [0, 0.05) is 43.0 Å². The zero-order valence-corrected chi connectivity index (χ0v) is 14.8. The van der Waals surface area contributed by atoms with Gasteiger partial charge in [-0.25, -0.2) is 4.79 Å². The van der Waals surface area contributed by atoms with Crippen molar-refractivity contribution >= 4 is 34.9 Å². The fraction of sp³-hybridized carbons (Fsp3) is 0.263. The standard InChI is InChI=1S/C19H20ClN3O2/c1-22(13-14-4-6-15(20)7-5-14)19(25)21-16-8-10-17(11-9-16)23-12-2-3-18(23)24/h4-11H,2-3,12-13H2,1H3,(H,21,25). The fourth-order valence-electron chi connectivity index (χ4n) is 2.80. The van der Waals surface area contributed by atoms with E-state index in [9.17, 15) is 9.59 Å². The number of halogens is 1. The lowest BCUT2D eigenvalue weighted by molar-refractivity contribution is -0.117. The Morgan fingerprint density at radius 3 is 2.44 bits per heavy atom. The van der Waals surface area contributed by atoms with E-state index in [1.165, 1.54) is 0 Å². The molecule has 0 spiro atoms. The van der Waals surface area contributed by atoms with E-state index in [0.29, 0.717) is 23.7 Å². The van der Waals surface area contributed by atoms with Gasteiger partial charge < -0.3 is 15.1 Å². The highest BCUT2D eigenvalue weighted by Gasteiger charge is 2.21. The van der Waals surface area contributed by atoms with Crippen LogP contribution in [-0.2, 0) is 11.3 Å². The van der Waals surface area contributed by atoms with Gasteiger partial charge in [-0.05, 0) is 48.4 Å². The van der Waals surface area contributed by atoms with Crippen LogP contribution in [0.5, 0.6) is 0 Å². The van der Waals surface area contributed by atoms with Crippen molar-refractivity contribution in [3.05, 3.63) is 59.1 Å². The minimum Gasteiger partial charge on any atom is -0.323 e. The van der Waals surface area contributed by atoms with Gasteiger partial charge in [0.15, 0.2) is 0 Å². The lowest BCUT2D eigenvalue weighted by Crippen LogP contribution is -2.30. The van der Waals surface area contributed by atoms with Gasteiger partial charge in [-0.3, -0.25) is 4.79 Å². The molecule has 1 fully saturated rings. The Hall–Kier alpha value is -2.53. The Morgan fingerprint density at radius 2 is 1.84 bits per heavy atom. The van der Waals surface area contributed by atoms with Gasteiger partial charge in [-0.15, -0.1) is 0 Å². The first kappa shape index (κ1) is 17.3. The summed E-state index contributed by atoms with van der Waals surface area (Å²) >= 11 is 5.87. The SMILES string of the molecule is CN(Cc1ccc(Cl)cc1)C(=O)Nc1ccc(N2CCCC2=O)cc1. The molecule has 3 amide bonds. The summed E-state index contributed by atoms with van der Waals surface area (Å²) in [4.78, 5) is 27.4. The topological polar surface area (TPSA) is 52.7 Å². The van der Waals surface area contributed by atoms with E-state index in [0.717, 1.165) is 24.2 Å². The molecular formula is C19H20ClN3O2. The van der Waals surface area contributed by atoms with E-state index >= 15 is 0 Å². The largest absolute Gasteiger partial charge is 0.323 e. The normalized spacial score (nSPS) is 13.8. The van der Waals surface area contributed by atoms with Gasteiger partial charge in [0.2, 0.25) is 5.91 Å². The molecule has 0 atom stereocenters. The molecule has 6 heteroatoms. The zero-order valence-electron chi connectivity index (χ0n) is 14.0. The maximum atomic E-state index is 12.3. The first-order chi connectivity index (χ1) is 12.0. The van der Waals surface area contributed by atoms with Gasteiger partial charge in [0.1, 0.15) is 0 Å². The molecule has 130 valence electrons. The number of nitrogens with one attached hydrogen (secondary N) is 1. The molecule has 5 nitrogen and oxygen atoms in total. The molecule has 1 aliphatic heterocycles. The van der Waals surface area contributed by atoms with Crippen LogP contribution >= 0.6 is 11.6 Å². The average molecular weight is 358 g/mol. The summed E-state index contributed by atoms with van der Waals surface area (Å²) in [5.74, 6) is 0.152. The van der Waals surface area contributed by atoms with Gasteiger partial charge >= 0.3 is 6.03 Å². The number of hydrogen-bond acceptors (Lipinski definition) is 2. The van der Waals surface area contributed by atoms with E-state index in [-0.39, 0.29) is 11.9 Å². The molecule has 1 aliphatic rings. The smallest absolute Gasteiger partial charge is 0.321 e. The van der Waals surface area contributed by atoms with E-state index in [4.69, 9.17) is 11.6 Å². The third-order valence-corrected chi connectivity index (χ3v) is 4.44. The second kappa shape index (κ2) is 7.57. The highest BCUT2D eigenvalue weighted by Crippen LogP contribution is 2.23. The summed E-state index contributed by atoms with van der Waals surface area (Å²) in [5, 5.41) is 3.53. The molecule has 0 unspecified atom stereocenters. The Kier molecular flexibility index (Phi) is 5.24. The molecule has 3 rings (SSSR count). The quantitative estimate of drug-likeness (QED) is 0.894. The number of hydrogen-bond donors (Lipinski definition) is 1. The summed E-state index contributed by atoms with van der Waals surface area (Å²) in [6, 6.07) is 14.6. The van der Waals surface area contributed by atoms with Crippen LogP contribution in [0.25, 0.3) is 0 Å². The third-order valence-electron chi connectivity index (χ3n) is 4.18. The Labute approximate surface area is 152 Å². The second-order valence-corrected chi connectivity index (χ2v) is 6.54. The minimum absolute atomic E-state index is 0.152. The maximum absolute atomic E-state index is 12.3. The van der Waals surface area contributed by atoms with Crippen molar-refractivity contribution in [3.63, 3.8) is 0 Å². The first-order valence-corrected chi connectivity index (χ1v) is 8.58. The van der Waals surface area contributed by atoms with Crippen molar-refractivity contribution in [1.29, 1.82) is 0 Å². The van der Waals surface area contributed by atoms with Crippen molar-refractivity contribution in [2.24, 2.45) is 0 Å². The van der Waals surface area contributed by atoms with Crippen molar-refractivity contribution in [2.45, 2.75) is 19.4 Å². The monoisotopic (exact) mass is 357 g/mol. The number of nitrogens with zero attached hydrogens (tertiary/aromatic N) is 2. The molecule has 0 radical (unpaired) electrons. The predicted octanol–water partition coefficient (Wildman–Crippen LogP) is 4.13. The highest BCUT2D eigenvalue weighted by atomic mass is 35.5. The van der Waals surface area contributed by atoms with Gasteiger partial charge in [-0.2, -0.15) is 0 Å². The lowest BCUT2D eigenvalue weighted by Gasteiger charge is -2.19. The summed E-state index contributed by atoms with van der Waals surface area (Å²) in [6.45, 7) is 1.25. The Morgan fingerprint density at radius 1 is 1.16 bits per heavy atom. The van der Waals surface area contributed by atoms with E-state index in [2.05, 4.69) is 5.32 Å². The van der Waals surface area contributed by atoms with E-state index in [1.54, 1.807) is 29.0 Å². The zero-order chi connectivity index (χ0) is 17.8. The molecule has 0 bridgehead atoms. The molecule has 2 aromatic rings. The first-order valence-electron chi connectivity index (χ1n) is 8.20. The summed E-state index contributed by atoms with van der Waals surface area (Å²) < 4.78 is 0. The number of rotatable bonds is 4. The number of amides is 3. The molecule has 1 saturated heterocycles. The van der Waals surface area contributed by atoms with Gasteiger partial charge in [-0.1, -0.05) is 23.7 Å². The van der Waals surface area contributed by atoms with E-state index in [1.807, 2.05) is 36.4 Å². The van der Waals surface area contributed by atoms with Crippen LogP contribution in [-0.4, -0.2) is 30.4 Å². The highest BCUT2D eigenvalue weighted by molar-refractivity contribution is 6.30. The molecule has 1 N–H and O–H groups in total. The van der Waals surface area contributed by atoms with Crippen LogP contribution in [0.3, 0.4) is 0 Å². The number of anilines is 2. The number of carbonyl (C=O) groups excluding carboxylic acids is 2. The predicted molar refractivity (Wildman–Crippen MR) is 100.0 cm³/mol. The molecule has 0 aromatic heterocycles. The molecule has 1 heterocycles. The molecule has 2 aromatic carbocycles. The molecule has 0 saturated carbocycles. The number of benzene rings is 2. The fourth-order valence-corrected chi connectivity index (χ4v) is 2.93. The van der Waals surface area contributed by atoms with Gasteiger partial charge in [0.05, 0.1) is 0 Å². The van der Waals surface area contributed by atoms with Crippen LogP contribution in [0.15, 0.2) is 48.5 Å². The lowest BCUT2D eigenvalue weighted by atomic mass is 10.2. The van der Waals surface area contributed by atoms with Crippen LogP contribution in [0.1, 0.15) is 18.4 Å². The summed E-state index contributed by atoms with van der Waals surface area (Å²) in [6.07, 6.45) is 1.50. The third kappa shape index (κ3) is 4.31. The molecular weight excluding hydrogens is 338 g/mol. The van der Waals surface area contributed by atoms with E-state index < -0.39 is 0 Å². The van der Waals surface area contributed by atoms with Crippen molar-refractivity contribution in [1.82, 2.24) is 4.90 Å². The minimum atomic E-state index is -0.194. The summed E-state index contributed by atoms with van der Waals surface area (Å²) in [7, 11) is 1.74. The Balaban J connectivity index is 1.58. The summed E-state index contributed by atoms with van der Waals surface area (Å²) in [5.41, 5.74) is 2.57. The van der Waals surface area contributed by atoms with Crippen LogP contribution in [0.4, 0.5) is 16.2 Å². The van der Waals surface area contributed by atoms with Crippen LogP contribution in [0, 0.1) is 0 Å². The van der Waals surface area contributed by atoms with Gasteiger partial charge in [0.25, 0.3) is 0 Å².